The predicted molar refractivity (Wildman–Crippen MR) is 62.5 cm³/mol. The number of ether oxygens (including phenoxy) is 1. The average molecular weight is 226 g/mol. The highest BCUT2D eigenvalue weighted by Crippen LogP contribution is 2.45. The summed E-state index contributed by atoms with van der Waals surface area (Å²) in [6, 6.07) is 5.75. The van der Waals surface area contributed by atoms with Crippen molar-refractivity contribution in [2.45, 2.75) is 18.8 Å². The Morgan fingerprint density at radius 2 is 2.27 bits per heavy atom. The maximum absolute atomic E-state index is 6.00. The second-order valence-corrected chi connectivity index (χ2v) is 4.50. The van der Waals surface area contributed by atoms with Gasteiger partial charge in [0.2, 0.25) is 0 Å². The van der Waals surface area contributed by atoms with Gasteiger partial charge in [-0.1, -0.05) is 11.6 Å². The lowest BCUT2D eigenvalue weighted by molar-refractivity contribution is 0.402. The molecule has 0 saturated heterocycles. The minimum absolute atomic E-state index is 0.402. The minimum Gasteiger partial charge on any atom is -0.496 e. The molecular formula is C12H16ClNO. The van der Waals surface area contributed by atoms with E-state index in [1.54, 1.807) is 7.11 Å². The number of benzene rings is 1. The Hall–Kier alpha value is -0.730. The summed E-state index contributed by atoms with van der Waals surface area (Å²) in [4.78, 5) is 0. The minimum atomic E-state index is 0.402. The average Bonchev–Trinajstić information content (AvgIpc) is 3.04. The molecule has 3 heteroatoms. The maximum atomic E-state index is 6.00. The van der Waals surface area contributed by atoms with Crippen molar-refractivity contribution >= 4 is 11.6 Å². The Bertz CT molecular complexity index is 349. The van der Waals surface area contributed by atoms with Crippen molar-refractivity contribution in [3.63, 3.8) is 0 Å². The molecule has 1 aromatic carbocycles. The van der Waals surface area contributed by atoms with Crippen molar-refractivity contribution in [3.8, 4) is 5.75 Å². The summed E-state index contributed by atoms with van der Waals surface area (Å²) in [7, 11) is 1.69. The van der Waals surface area contributed by atoms with E-state index in [2.05, 4.69) is 0 Å². The molecule has 2 nitrogen and oxygen atoms in total. The van der Waals surface area contributed by atoms with Gasteiger partial charge in [-0.05, 0) is 43.5 Å². The largest absolute Gasteiger partial charge is 0.496 e. The van der Waals surface area contributed by atoms with Gasteiger partial charge >= 0.3 is 0 Å². The van der Waals surface area contributed by atoms with E-state index < -0.39 is 0 Å². The Kier molecular flexibility index (Phi) is 3.17. The van der Waals surface area contributed by atoms with Gasteiger partial charge in [-0.2, -0.15) is 0 Å². The molecule has 1 unspecified atom stereocenters. The zero-order valence-corrected chi connectivity index (χ0v) is 9.63. The molecule has 0 heterocycles. The predicted octanol–water partition coefficient (Wildman–Crippen LogP) is 2.80. The molecule has 0 amide bonds. The fraction of sp³-hybridized carbons (Fsp3) is 0.500. The van der Waals surface area contributed by atoms with Gasteiger partial charge in [0.15, 0.2) is 0 Å². The Labute approximate surface area is 95.4 Å². The summed E-state index contributed by atoms with van der Waals surface area (Å²) in [6.07, 6.45) is 2.55. The van der Waals surface area contributed by atoms with E-state index in [4.69, 9.17) is 22.1 Å². The molecule has 2 rings (SSSR count). The quantitative estimate of drug-likeness (QED) is 0.855. The Balaban J connectivity index is 2.34. The summed E-state index contributed by atoms with van der Waals surface area (Å²) < 4.78 is 5.35. The summed E-state index contributed by atoms with van der Waals surface area (Å²) in [5.74, 6) is 2.03. The molecular weight excluding hydrogens is 210 g/mol. The lowest BCUT2D eigenvalue weighted by atomic mass is 9.93. The highest BCUT2D eigenvalue weighted by atomic mass is 35.5. The molecule has 0 aliphatic heterocycles. The van der Waals surface area contributed by atoms with Gasteiger partial charge in [0, 0.05) is 16.5 Å². The molecule has 0 radical (unpaired) electrons. The van der Waals surface area contributed by atoms with Crippen LogP contribution in [0.15, 0.2) is 18.2 Å². The summed E-state index contributed by atoms with van der Waals surface area (Å²) in [5.41, 5.74) is 6.98. The van der Waals surface area contributed by atoms with Gasteiger partial charge in [-0.15, -0.1) is 0 Å². The highest BCUT2D eigenvalue weighted by molar-refractivity contribution is 6.30. The topological polar surface area (TPSA) is 35.2 Å². The second-order valence-electron chi connectivity index (χ2n) is 4.07. The molecule has 1 aliphatic carbocycles. The van der Waals surface area contributed by atoms with Crippen LogP contribution in [0, 0.1) is 5.92 Å². The number of hydrogen-bond acceptors (Lipinski definition) is 2. The van der Waals surface area contributed by atoms with Gasteiger partial charge in [0.1, 0.15) is 5.75 Å². The third-order valence-electron chi connectivity index (χ3n) is 3.04. The van der Waals surface area contributed by atoms with Gasteiger partial charge in [0.25, 0.3) is 0 Å². The molecule has 1 aliphatic rings. The van der Waals surface area contributed by atoms with Gasteiger partial charge in [-0.3, -0.25) is 0 Å². The van der Waals surface area contributed by atoms with Crippen LogP contribution in [0.5, 0.6) is 5.75 Å². The molecule has 0 spiro atoms. The Morgan fingerprint density at radius 3 is 2.80 bits per heavy atom. The first-order valence-corrected chi connectivity index (χ1v) is 5.67. The normalized spacial score (nSPS) is 17.5. The van der Waals surface area contributed by atoms with E-state index in [1.807, 2.05) is 18.2 Å². The first kappa shape index (κ1) is 10.8. The van der Waals surface area contributed by atoms with Crippen LogP contribution in [0.3, 0.4) is 0 Å². The molecule has 2 N–H and O–H groups in total. The van der Waals surface area contributed by atoms with Gasteiger partial charge in [-0.25, -0.2) is 0 Å². The number of methoxy groups -OCH3 is 1. The van der Waals surface area contributed by atoms with Crippen LogP contribution >= 0.6 is 11.6 Å². The molecule has 1 aromatic rings. The molecule has 1 atom stereocenters. The summed E-state index contributed by atoms with van der Waals surface area (Å²) >= 11 is 6.00. The molecule has 1 saturated carbocycles. The smallest absolute Gasteiger partial charge is 0.122 e. The van der Waals surface area contributed by atoms with Crippen molar-refractivity contribution < 1.29 is 4.74 Å². The van der Waals surface area contributed by atoms with E-state index in [0.717, 1.165) is 22.3 Å². The summed E-state index contributed by atoms with van der Waals surface area (Å²) in [6.45, 7) is 0.668. The van der Waals surface area contributed by atoms with Crippen molar-refractivity contribution in [2.24, 2.45) is 11.7 Å². The molecule has 82 valence electrons. The molecule has 1 fully saturated rings. The zero-order valence-electron chi connectivity index (χ0n) is 8.87. The SMILES string of the molecule is COc1ccc(Cl)cc1C(CN)C1CC1. The fourth-order valence-electron chi connectivity index (χ4n) is 2.07. The molecule has 15 heavy (non-hydrogen) atoms. The summed E-state index contributed by atoms with van der Waals surface area (Å²) in [5, 5.41) is 0.755. The number of hydrogen-bond donors (Lipinski definition) is 1. The fourth-order valence-corrected chi connectivity index (χ4v) is 2.25. The Morgan fingerprint density at radius 1 is 1.53 bits per heavy atom. The highest BCUT2D eigenvalue weighted by Gasteiger charge is 2.32. The molecule has 0 aromatic heterocycles. The standard InChI is InChI=1S/C12H16ClNO/c1-15-12-5-4-9(13)6-10(12)11(7-14)8-2-3-8/h4-6,8,11H,2-3,7,14H2,1H3. The lowest BCUT2D eigenvalue weighted by Crippen LogP contribution is -2.15. The van der Waals surface area contributed by atoms with Crippen molar-refractivity contribution in [3.05, 3.63) is 28.8 Å². The molecule has 0 bridgehead atoms. The van der Waals surface area contributed by atoms with Crippen LogP contribution in [0.2, 0.25) is 5.02 Å². The first-order valence-electron chi connectivity index (χ1n) is 5.29. The lowest BCUT2D eigenvalue weighted by Gasteiger charge is -2.17. The van der Waals surface area contributed by atoms with E-state index in [1.165, 1.54) is 12.8 Å². The van der Waals surface area contributed by atoms with Crippen LogP contribution in [0.4, 0.5) is 0 Å². The third-order valence-corrected chi connectivity index (χ3v) is 3.27. The van der Waals surface area contributed by atoms with Crippen LogP contribution < -0.4 is 10.5 Å². The maximum Gasteiger partial charge on any atom is 0.122 e. The number of halogens is 1. The van der Waals surface area contributed by atoms with Crippen molar-refractivity contribution in [1.29, 1.82) is 0 Å². The number of rotatable bonds is 4. The number of nitrogens with two attached hydrogens (primary N) is 1. The van der Waals surface area contributed by atoms with Crippen LogP contribution in [-0.2, 0) is 0 Å². The first-order chi connectivity index (χ1) is 7.26. The van der Waals surface area contributed by atoms with Gasteiger partial charge < -0.3 is 10.5 Å². The van der Waals surface area contributed by atoms with Crippen LogP contribution in [0.1, 0.15) is 24.3 Å². The van der Waals surface area contributed by atoms with Gasteiger partial charge in [0.05, 0.1) is 7.11 Å². The zero-order chi connectivity index (χ0) is 10.8. The van der Waals surface area contributed by atoms with E-state index in [0.29, 0.717) is 12.5 Å². The second kappa shape index (κ2) is 4.42. The van der Waals surface area contributed by atoms with Crippen molar-refractivity contribution in [2.75, 3.05) is 13.7 Å². The van der Waals surface area contributed by atoms with Crippen LogP contribution in [-0.4, -0.2) is 13.7 Å². The monoisotopic (exact) mass is 225 g/mol. The van der Waals surface area contributed by atoms with E-state index in [9.17, 15) is 0 Å². The third kappa shape index (κ3) is 2.27. The van der Waals surface area contributed by atoms with E-state index in [-0.39, 0.29) is 0 Å². The van der Waals surface area contributed by atoms with Crippen molar-refractivity contribution in [1.82, 2.24) is 0 Å². The van der Waals surface area contributed by atoms with E-state index >= 15 is 0 Å². The van der Waals surface area contributed by atoms with Crippen LogP contribution in [0.25, 0.3) is 0 Å².